The lowest BCUT2D eigenvalue weighted by atomic mass is 9.92. The highest BCUT2D eigenvalue weighted by Crippen LogP contribution is 2.34. The van der Waals surface area contributed by atoms with E-state index in [4.69, 9.17) is 0 Å². The van der Waals surface area contributed by atoms with Crippen molar-refractivity contribution in [3.63, 3.8) is 0 Å². The maximum absolute atomic E-state index is 12.5. The van der Waals surface area contributed by atoms with Crippen LogP contribution < -0.4 is 5.32 Å². The molecule has 2 N–H and O–H groups in total. The molecule has 2 aliphatic rings. The van der Waals surface area contributed by atoms with Gasteiger partial charge in [-0.3, -0.25) is 4.79 Å². The summed E-state index contributed by atoms with van der Waals surface area (Å²) in [5.41, 5.74) is 1.42. The highest BCUT2D eigenvalue weighted by molar-refractivity contribution is 5.79. The second-order valence-corrected chi connectivity index (χ2v) is 7.77. The Labute approximate surface area is 145 Å². The van der Waals surface area contributed by atoms with E-state index in [1.807, 2.05) is 0 Å². The quantitative estimate of drug-likeness (QED) is 0.833. The Bertz CT molecular complexity index is 508. The molecule has 0 bridgehead atoms. The van der Waals surface area contributed by atoms with Crippen molar-refractivity contribution in [1.29, 1.82) is 0 Å². The topological polar surface area (TPSA) is 49.3 Å². The summed E-state index contributed by atoms with van der Waals surface area (Å²) in [5.74, 6) is 1.21. The number of hydrogen-bond acceptors (Lipinski definition) is 2. The lowest BCUT2D eigenvalue weighted by molar-refractivity contribution is -0.126. The van der Waals surface area contributed by atoms with Gasteiger partial charge in [0, 0.05) is 12.0 Å². The zero-order valence-corrected chi connectivity index (χ0v) is 14.6. The summed E-state index contributed by atoms with van der Waals surface area (Å²) < 4.78 is 0. The van der Waals surface area contributed by atoms with Crippen LogP contribution in [0.4, 0.5) is 0 Å². The summed E-state index contributed by atoms with van der Waals surface area (Å²) >= 11 is 0. The molecule has 0 aliphatic heterocycles. The Kier molecular flexibility index (Phi) is 6.30. The van der Waals surface area contributed by atoms with Crippen LogP contribution in [0.5, 0.6) is 0 Å². The van der Waals surface area contributed by atoms with Crippen molar-refractivity contribution in [2.24, 2.45) is 11.8 Å². The third kappa shape index (κ3) is 5.07. The minimum atomic E-state index is -0.154. The summed E-state index contributed by atoms with van der Waals surface area (Å²) in [4.78, 5) is 12.5. The fraction of sp³-hybridized carbons (Fsp3) is 0.667. The number of hydrogen-bond donors (Lipinski definition) is 2. The van der Waals surface area contributed by atoms with E-state index >= 15 is 0 Å². The van der Waals surface area contributed by atoms with E-state index in [0.717, 1.165) is 50.9 Å². The second-order valence-electron chi connectivity index (χ2n) is 7.77. The molecule has 2 aliphatic carbocycles. The molecule has 1 aromatic rings. The van der Waals surface area contributed by atoms with Gasteiger partial charge in [0.05, 0.1) is 6.10 Å². The summed E-state index contributed by atoms with van der Waals surface area (Å²) in [5, 5.41) is 12.8. The van der Waals surface area contributed by atoms with Crippen LogP contribution in [0.2, 0.25) is 0 Å². The van der Waals surface area contributed by atoms with E-state index in [-0.39, 0.29) is 24.0 Å². The molecule has 2 saturated carbocycles. The smallest absolute Gasteiger partial charge is 0.223 e. The molecule has 2 unspecified atom stereocenters. The zero-order chi connectivity index (χ0) is 16.8. The van der Waals surface area contributed by atoms with E-state index in [1.54, 1.807) is 0 Å². The third-order valence-electron chi connectivity index (χ3n) is 5.88. The lowest BCUT2D eigenvalue weighted by Gasteiger charge is -2.27. The predicted octanol–water partition coefficient (Wildman–Crippen LogP) is 3.85. The summed E-state index contributed by atoms with van der Waals surface area (Å²) in [7, 11) is 0. The van der Waals surface area contributed by atoms with Gasteiger partial charge in [-0.15, -0.1) is 0 Å². The fourth-order valence-electron chi connectivity index (χ4n) is 4.35. The van der Waals surface area contributed by atoms with Crippen molar-refractivity contribution >= 4 is 5.91 Å². The molecule has 1 aromatic carbocycles. The number of rotatable bonds is 6. The van der Waals surface area contributed by atoms with Crippen molar-refractivity contribution in [3.05, 3.63) is 35.9 Å². The van der Waals surface area contributed by atoms with Gasteiger partial charge >= 0.3 is 0 Å². The first-order chi connectivity index (χ1) is 11.7. The average molecular weight is 329 g/mol. The monoisotopic (exact) mass is 329 g/mol. The van der Waals surface area contributed by atoms with Gasteiger partial charge in [-0.05, 0) is 69.3 Å². The first kappa shape index (κ1) is 17.5. The van der Waals surface area contributed by atoms with E-state index < -0.39 is 0 Å². The number of benzene rings is 1. The summed E-state index contributed by atoms with van der Waals surface area (Å²) in [6, 6.07) is 11.0. The standard InChI is InChI=1S/C21H31NO2/c23-20-13-11-19(12-14-20)22-21(24)18-10-9-17(15-18)8-4-7-16-5-2-1-3-6-16/h1-3,5-6,17-20,23H,4,7-15H2,(H,22,24). The summed E-state index contributed by atoms with van der Waals surface area (Å²) in [6.45, 7) is 0. The Morgan fingerprint density at radius 2 is 1.79 bits per heavy atom. The second kappa shape index (κ2) is 8.66. The van der Waals surface area contributed by atoms with E-state index in [2.05, 4.69) is 35.6 Å². The van der Waals surface area contributed by atoms with E-state index in [1.165, 1.54) is 24.8 Å². The minimum Gasteiger partial charge on any atom is -0.393 e. The molecule has 24 heavy (non-hydrogen) atoms. The maximum atomic E-state index is 12.5. The molecular formula is C21H31NO2. The number of aryl methyl sites for hydroxylation is 1. The van der Waals surface area contributed by atoms with Gasteiger partial charge < -0.3 is 10.4 Å². The van der Waals surface area contributed by atoms with Crippen LogP contribution in [0.1, 0.15) is 63.4 Å². The summed E-state index contributed by atoms with van der Waals surface area (Å²) in [6.07, 6.45) is 10.3. The van der Waals surface area contributed by atoms with Gasteiger partial charge in [-0.1, -0.05) is 36.8 Å². The Balaban J connectivity index is 1.35. The molecule has 0 aromatic heterocycles. The van der Waals surface area contributed by atoms with Crippen LogP contribution in [0, 0.1) is 11.8 Å². The first-order valence-corrected chi connectivity index (χ1v) is 9.73. The van der Waals surface area contributed by atoms with Gasteiger partial charge in [-0.2, -0.15) is 0 Å². The fourth-order valence-corrected chi connectivity index (χ4v) is 4.35. The molecule has 0 radical (unpaired) electrons. The largest absolute Gasteiger partial charge is 0.393 e. The molecule has 0 saturated heterocycles. The molecule has 2 atom stereocenters. The molecule has 3 heteroatoms. The first-order valence-electron chi connectivity index (χ1n) is 9.73. The van der Waals surface area contributed by atoms with Crippen LogP contribution >= 0.6 is 0 Å². The highest BCUT2D eigenvalue weighted by atomic mass is 16.3. The van der Waals surface area contributed by atoms with Crippen LogP contribution in [0.25, 0.3) is 0 Å². The Hall–Kier alpha value is -1.35. The van der Waals surface area contributed by atoms with Gasteiger partial charge in [0.25, 0.3) is 0 Å². The Morgan fingerprint density at radius 1 is 1.04 bits per heavy atom. The molecule has 3 nitrogen and oxygen atoms in total. The van der Waals surface area contributed by atoms with Crippen LogP contribution in [0.3, 0.4) is 0 Å². The zero-order valence-electron chi connectivity index (χ0n) is 14.6. The lowest BCUT2D eigenvalue weighted by Crippen LogP contribution is -2.41. The molecule has 2 fully saturated rings. The van der Waals surface area contributed by atoms with Crippen LogP contribution in [-0.4, -0.2) is 23.2 Å². The van der Waals surface area contributed by atoms with Gasteiger partial charge in [0.15, 0.2) is 0 Å². The predicted molar refractivity (Wildman–Crippen MR) is 96.6 cm³/mol. The van der Waals surface area contributed by atoms with Crippen molar-refractivity contribution in [3.8, 4) is 0 Å². The number of aliphatic hydroxyl groups excluding tert-OH is 1. The van der Waals surface area contributed by atoms with Crippen molar-refractivity contribution < 1.29 is 9.90 Å². The van der Waals surface area contributed by atoms with E-state index in [0.29, 0.717) is 0 Å². The molecule has 3 rings (SSSR count). The number of amides is 1. The molecule has 1 amide bonds. The number of aliphatic hydroxyl groups is 1. The number of carbonyl (C=O) groups is 1. The molecule has 0 heterocycles. The van der Waals surface area contributed by atoms with Crippen molar-refractivity contribution in [1.82, 2.24) is 5.32 Å². The van der Waals surface area contributed by atoms with Crippen molar-refractivity contribution in [2.45, 2.75) is 76.4 Å². The van der Waals surface area contributed by atoms with Crippen LogP contribution in [0.15, 0.2) is 30.3 Å². The normalized spacial score (nSPS) is 30.2. The van der Waals surface area contributed by atoms with Gasteiger partial charge in [-0.25, -0.2) is 0 Å². The van der Waals surface area contributed by atoms with Crippen molar-refractivity contribution in [2.75, 3.05) is 0 Å². The molecule has 132 valence electrons. The average Bonchev–Trinajstić information content (AvgIpc) is 3.07. The van der Waals surface area contributed by atoms with Crippen LogP contribution in [-0.2, 0) is 11.2 Å². The minimum absolute atomic E-state index is 0.154. The number of carbonyl (C=O) groups excluding carboxylic acids is 1. The van der Waals surface area contributed by atoms with Gasteiger partial charge in [0.1, 0.15) is 0 Å². The third-order valence-corrected chi connectivity index (χ3v) is 5.88. The number of nitrogens with one attached hydrogen (secondary N) is 1. The van der Waals surface area contributed by atoms with Gasteiger partial charge in [0.2, 0.25) is 5.91 Å². The maximum Gasteiger partial charge on any atom is 0.223 e. The molecule has 0 spiro atoms. The SMILES string of the molecule is O=C(NC1CCC(O)CC1)C1CCC(CCCc2ccccc2)C1. The molecular weight excluding hydrogens is 298 g/mol. The highest BCUT2D eigenvalue weighted by Gasteiger charge is 2.31. The Morgan fingerprint density at radius 3 is 2.54 bits per heavy atom. The van der Waals surface area contributed by atoms with E-state index in [9.17, 15) is 9.90 Å².